The van der Waals surface area contributed by atoms with Gasteiger partial charge in [-0.15, -0.1) is 0 Å². The number of fused-ring (bicyclic) bond motifs is 5. The van der Waals surface area contributed by atoms with Crippen molar-refractivity contribution < 1.29 is 19.1 Å². The first-order valence-corrected chi connectivity index (χ1v) is 13.2. The lowest BCUT2D eigenvalue weighted by Crippen LogP contribution is -2.58. The fraction of sp³-hybridized carbons (Fsp3) is 0.633. The van der Waals surface area contributed by atoms with Crippen LogP contribution in [0.15, 0.2) is 35.9 Å². The fourth-order valence-electron chi connectivity index (χ4n) is 8.47. The Labute approximate surface area is 203 Å². The van der Waals surface area contributed by atoms with Crippen molar-refractivity contribution in [1.82, 2.24) is 0 Å². The van der Waals surface area contributed by atoms with E-state index < -0.39 is 5.60 Å². The summed E-state index contributed by atoms with van der Waals surface area (Å²) in [5, 5.41) is 0. The van der Waals surface area contributed by atoms with Crippen LogP contribution in [-0.2, 0) is 20.7 Å². The molecule has 0 aliphatic heterocycles. The summed E-state index contributed by atoms with van der Waals surface area (Å²) < 4.78 is 6.27. The first-order chi connectivity index (χ1) is 16.1. The van der Waals surface area contributed by atoms with E-state index in [0.29, 0.717) is 36.2 Å². The molecule has 4 heteroatoms. The minimum atomic E-state index is -1.05. The maximum absolute atomic E-state index is 13.3. The number of allylic oxidation sites excluding steroid dienone is 1. The normalized spacial score (nSPS) is 38.9. The number of hydrogen-bond acceptors (Lipinski definition) is 4. The lowest BCUT2D eigenvalue weighted by Gasteiger charge is -2.59. The molecule has 0 heterocycles. The summed E-state index contributed by atoms with van der Waals surface area (Å²) in [4.78, 5) is 38.6. The molecule has 6 atom stereocenters. The van der Waals surface area contributed by atoms with Gasteiger partial charge in [-0.1, -0.05) is 38.5 Å². The average Bonchev–Trinajstić information content (AvgIpc) is 3.12. The van der Waals surface area contributed by atoms with Gasteiger partial charge in [0.1, 0.15) is 0 Å². The fourth-order valence-corrected chi connectivity index (χ4v) is 8.47. The highest BCUT2D eigenvalue weighted by Crippen LogP contribution is 2.68. The van der Waals surface area contributed by atoms with Crippen molar-refractivity contribution in [3.63, 3.8) is 0 Å². The van der Waals surface area contributed by atoms with Crippen LogP contribution in [0.2, 0.25) is 0 Å². The highest BCUT2D eigenvalue weighted by atomic mass is 16.6. The van der Waals surface area contributed by atoms with Gasteiger partial charge in [0.25, 0.3) is 0 Å². The zero-order valence-electron chi connectivity index (χ0n) is 21.1. The van der Waals surface area contributed by atoms with Crippen molar-refractivity contribution in [2.24, 2.45) is 28.6 Å². The van der Waals surface area contributed by atoms with Crippen molar-refractivity contribution in [3.05, 3.63) is 47.0 Å². The molecule has 0 spiro atoms. The van der Waals surface area contributed by atoms with Gasteiger partial charge in [0.05, 0.1) is 5.56 Å². The number of carbonyl (C=O) groups is 3. The predicted octanol–water partition coefficient (Wildman–Crippen LogP) is 6.27. The van der Waals surface area contributed by atoms with Gasteiger partial charge in [0, 0.05) is 11.8 Å². The van der Waals surface area contributed by atoms with Crippen LogP contribution in [-0.4, -0.2) is 23.1 Å². The number of carbonyl (C=O) groups excluding carboxylic acids is 3. The molecule has 182 valence electrons. The molecule has 3 saturated carbocycles. The van der Waals surface area contributed by atoms with Crippen molar-refractivity contribution in [1.29, 1.82) is 0 Å². The molecule has 0 radical (unpaired) electrons. The number of rotatable bonds is 4. The second-order valence-electron chi connectivity index (χ2n) is 11.8. The second-order valence-corrected chi connectivity index (χ2v) is 11.8. The summed E-state index contributed by atoms with van der Waals surface area (Å²) in [6.07, 6.45) is 9.95. The molecule has 5 rings (SSSR count). The maximum atomic E-state index is 13.3. The van der Waals surface area contributed by atoms with Gasteiger partial charge in [0.2, 0.25) is 0 Å². The molecule has 3 fully saturated rings. The molecule has 1 aromatic carbocycles. The standard InChI is InChI=1S/C30H38O4/c1-5-20-6-8-21(9-7-20)27(33)34-30(19(2)31)17-14-26-24-11-10-22-18-23(32)12-15-28(22,3)25(24)13-16-29(26,30)4/h6-9,18,24-26H,5,10-17H2,1-4H3/t24-,25+,26+,28+,29+,30+/m1/s1. The van der Waals surface area contributed by atoms with E-state index in [1.165, 1.54) is 11.1 Å². The van der Waals surface area contributed by atoms with Gasteiger partial charge >= 0.3 is 5.97 Å². The number of Topliss-reactive ketones (excluding diaryl/α,β-unsaturated/α-hetero) is 1. The topological polar surface area (TPSA) is 60.4 Å². The SMILES string of the molecule is CCc1ccc(C(=O)O[C@]2(C(C)=O)CC[C@H]3[C@@H]4CCC5=CC(=O)CC[C@]5(C)[C@H]4CC[C@@]32C)cc1. The Morgan fingerprint density at radius 3 is 2.35 bits per heavy atom. The number of hydrogen-bond donors (Lipinski definition) is 0. The van der Waals surface area contributed by atoms with Crippen LogP contribution < -0.4 is 0 Å². The molecule has 0 unspecified atom stereocenters. The lowest BCUT2D eigenvalue weighted by molar-refractivity contribution is -0.161. The van der Waals surface area contributed by atoms with Gasteiger partial charge in [-0.25, -0.2) is 4.79 Å². The monoisotopic (exact) mass is 462 g/mol. The lowest BCUT2D eigenvalue weighted by atomic mass is 9.46. The number of benzene rings is 1. The molecule has 34 heavy (non-hydrogen) atoms. The summed E-state index contributed by atoms with van der Waals surface area (Å²) in [7, 11) is 0. The summed E-state index contributed by atoms with van der Waals surface area (Å²) >= 11 is 0. The summed E-state index contributed by atoms with van der Waals surface area (Å²) in [6, 6.07) is 7.57. The minimum Gasteiger partial charge on any atom is -0.447 e. The highest BCUT2D eigenvalue weighted by Gasteiger charge is 2.67. The smallest absolute Gasteiger partial charge is 0.339 e. The predicted molar refractivity (Wildman–Crippen MR) is 131 cm³/mol. The number of aryl methyl sites for hydroxylation is 1. The molecule has 4 aliphatic rings. The average molecular weight is 463 g/mol. The Balaban J connectivity index is 1.44. The van der Waals surface area contributed by atoms with Crippen LogP contribution in [0.1, 0.15) is 95.0 Å². The van der Waals surface area contributed by atoms with Crippen molar-refractivity contribution >= 4 is 17.5 Å². The quantitative estimate of drug-likeness (QED) is 0.495. The van der Waals surface area contributed by atoms with E-state index in [1.54, 1.807) is 6.92 Å². The Morgan fingerprint density at radius 1 is 0.971 bits per heavy atom. The first kappa shape index (κ1) is 23.5. The van der Waals surface area contributed by atoms with Gasteiger partial charge in [-0.3, -0.25) is 9.59 Å². The molecule has 0 aromatic heterocycles. The molecule has 0 amide bonds. The van der Waals surface area contributed by atoms with Crippen LogP contribution in [0.4, 0.5) is 0 Å². The molecule has 0 saturated heterocycles. The third-order valence-electron chi connectivity index (χ3n) is 10.5. The first-order valence-electron chi connectivity index (χ1n) is 13.2. The van der Waals surface area contributed by atoms with Crippen LogP contribution in [0.3, 0.4) is 0 Å². The van der Waals surface area contributed by atoms with Crippen LogP contribution in [0, 0.1) is 28.6 Å². The van der Waals surface area contributed by atoms with Gasteiger partial charge in [0.15, 0.2) is 17.2 Å². The minimum absolute atomic E-state index is 0.0136. The van der Waals surface area contributed by atoms with Crippen molar-refractivity contribution in [3.8, 4) is 0 Å². The van der Waals surface area contributed by atoms with Crippen LogP contribution in [0.5, 0.6) is 0 Å². The highest BCUT2D eigenvalue weighted by molar-refractivity contribution is 5.95. The summed E-state index contributed by atoms with van der Waals surface area (Å²) in [5.74, 6) is 1.30. The Hall–Kier alpha value is -2.23. The van der Waals surface area contributed by atoms with Gasteiger partial charge < -0.3 is 4.74 Å². The van der Waals surface area contributed by atoms with E-state index in [9.17, 15) is 14.4 Å². The molecular formula is C30H38O4. The van der Waals surface area contributed by atoms with Crippen LogP contribution in [0.25, 0.3) is 0 Å². The molecule has 0 bridgehead atoms. The van der Waals surface area contributed by atoms with E-state index in [-0.39, 0.29) is 28.4 Å². The Kier molecular flexibility index (Phi) is 5.65. The van der Waals surface area contributed by atoms with Crippen LogP contribution >= 0.6 is 0 Å². The molecule has 4 nitrogen and oxygen atoms in total. The second kappa shape index (κ2) is 8.17. The van der Waals surface area contributed by atoms with Crippen molar-refractivity contribution in [2.75, 3.05) is 0 Å². The maximum Gasteiger partial charge on any atom is 0.339 e. The molecule has 0 N–H and O–H groups in total. The van der Waals surface area contributed by atoms with Gasteiger partial charge in [-0.05, 0) is 105 Å². The van der Waals surface area contributed by atoms with Gasteiger partial charge in [-0.2, -0.15) is 0 Å². The third-order valence-corrected chi connectivity index (χ3v) is 10.5. The summed E-state index contributed by atoms with van der Waals surface area (Å²) in [5.41, 5.74) is 1.74. The van der Waals surface area contributed by atoms with E-state index in [0.717, 1.165) is 44.9 Å². The molecule has 4 aliphatic carbocycles. The van der Waals surface area contributed by atoms with E-state index in [1.807, 2.05) is 30.3 Å². The Morgan fingerprint density at radius 2 is 1.68 bits per heavy atom. The van der Waals surface area contributed by atoms with E-state index >= 15 is 0 Å². The Bertz CT molecular complexity index is 1050. The summed E-state index contributed by atoms with van der Waals surface area (Å²) in [6.45, 7) is 8.29. The number of esters is 1. The van der Waals surface area contributed by atoms with Crippen molar-refractivity contribution in [2.45, 2.75) is 91.1 Å². The largest absolute Gasteiger partial charge is 0.447 e. The van der Waals surface area contributed by atoms with E-state index in [4.69, 9.17) is 4.74 Å². The zero-order chi connectivity index (χ0) is 24.3. The molecule has 1 aromatic rings. The zero-order valence-corrected chi connectivity index (χ0v) is 21.1. The van der Waals surface area contributed by atoms with E-state index in [2.05, 4.69) is 20.8 Å². The third kappa shape index (κ3) is 3.27. The number of ether oxygens (including phenoxy) is 1. The number of ketones is 2. The molecular weight excluding hydrogens is 424 g/mol.